The topological polar surface area (TPSA) is 47.6 Å². The number of esters is 1. The molecule has 1 aromatic rings. The molecule has 1 N–H and O–H groups in total. The van der Waals surface area contributed by atoms with Gasteiger partial charge >= 0.3 is 5.97 Å². The van der Waals surface area contributed by atoms with E-state index < -0.39 is 0 Å². The maximum atomic E-state index is 11.6. The maximum Gasteiger partial charge on any atom is 0.307 e. The van der Waals surface area contributed by atoms with E-state index in [0.717, 1.165) is 23.8 Å². The highest BCUT2D eigenvalue weighted by molar-refractivity contribution is 7.99. The average Bonchev–Trinajstić information content (AvgIpc) is 2.46. The van der Waals surface area contributed by atoms with Crippen LogP contribution in [-0.2, 0) is 9.53 Å². The number of ether oxygens (including phenoxy) is 2. The summed E-state index contributed by atoms with van der Waals surface area (Å²) in [6, 6.07) is 9.76. The van der Waals surface area contributed by atoms with Crippen LogP contribution >= 0.6 is 11.8 Å². The number of nitrogens with one attached hydrogen (secondary N) is 1. The van der Waals surface area contributed by atoms with Gasteiger partial charge in [0.25, 0.3) is 0 Å². The normalized spacial score (nSPS) is 18.8. The molecule has 1 aliphatic heterocycles. The van der Waals surface area contributed by atoms with Crippen LogP contribution in [-0.4, -0.2) is 43.3 Å². The first-order valence-corrected chi connectivity index (χ1v) is 7.64. The van der Waals surface area contributed by atoms with Crippen LogP contribution in [0.4, 0.5) is 0 Å². The largest absolute Gasteiger partial charge is 0.490 e. The van der Waals surface area contributed by atoms with Gasteiger partial charge in [0, 0.05) is 24.1 Å². The monoisotopic (exact) mass is 281 g/mol. The molecule has 1 aliphatic rings. The highest BCUT2D eigenvalue weighted by Crippen LogP contribution is 2.11. The summed E-state index contributed by atoms with van der Waals surface area (Å²) < 4.78 is 10.6. The lowest BCUT2D eigenvalue weighted by Crippen LogP contribution is -2.39. The van der Waals surface area contributed by atoms with Crippen LogP contribution < -0.4 is 10.1 Å². The predicted octanol–water partition coefficient (Wildman–Crippen LogP) is 1.70. The minimum Gasteiger partial charge on any atom is -0.490 e. The van der Waals surface area contributed by atoms with E-state index in [9.17, 15) is 4.79 Å². The van der Waals surface area contributed by atoms with Crippen molar-refractivity contribution in [3.8, 4) is 5.75 Å². The summed E-state index contributed by atoms with van der Waals surface area (Å²) in [4.78, 5) is 11.6. The number of hydrogen-bond acceptors (Lipinski definition) is 5. The molecule has 19 heavy (non-hydrogen) atoms. The van der Waals surface area contributed by atoms with Crippen LogP contribution in [0.5, 0.6) is 5.75 Å². The Kier molecular flexibility index (Phi) is 6.04. The predicted molar refractivity (Wildman–Crippen MR) is 76.6 cm³/mol. The van der Waals surface area contributed by atoms with Gasteiger partial charge in [-0.25, -0.2) is 0 Å². The van der Waals surface area contributed by atoms with Gasteiger partial charge in [0.05, 0.1) is 6.42 Å². The van der Waals surface area contributed by atoms with Crippen molar-refractivity contribution in [2.45, 2.75) is 12.5 Å². The number of benzene rings is 1. The van der Waals surface area contributed by atoms with Gasteiger partial charge in [-0.05, 0) is 12.1 Å². The summed E-state index contributed by atoms with van der Waals surface area (Å²) in [7, 11) is 0. The van der Waals surface area contributed by atoms with E-state index in [1.807, 2.05) is 42.1 Å². The smallest absolute Gasteiger partial charge is 0.307 e. The molecule has 4 nitrogen and oxygen atoms in total. The standard InChI is InChI=1S/C14H19NO3S/c16-14(10-12-11-19-9-6-15-12)18-8-7-17-13-4-2-1-3-5-13/h1-5,12,15H,6-11H2. The molecule has 0 spiro atoms. The molecule has 1 unspecified atom stereocenters. The third kappa shape index (κ3) is 5.53. The number of hydrogen-bond donors (Lipinski definition) is 1. The fourth-order valence-electron chi connectivity index (χ4n) is 1.84. The second kappa shape index (κ2) is 8.07. The van der Waals surface area contributed by atoms with Crippen molar-refractivity contribution in [1.29, 1.82) is 0 Å². The number of para-hydroxylation sites is 1. The SMILES string of the molecule is O=C(CC1CSCCN1)OCCOc1ccccc1. The van der Waals surface area contributed by atoms with Gasteiger partial charge in [0.1, 0.15) is 19.0 Å². The number of carbonyl (C=O) groups excluding carboxylic acids is 1. The van der Waals surface area contributed by atoms with Gasteiger partial charge in [-0.2, -0.15) is 11.8 Å². The summed E-state index contributed by atoms with van der Waals surface area (Å²) in [5.41, 5.74) is 0. The molecule has 1 atom stereocenters. The molecule has 1 aromatic carbocycles. The quantitative estimate of drug-likeness (QED) is 0.635. The lowest BCUT2D eigenvalue weighted by atomic mass is 10.2. The van der Waals surface area contributed by atoms with Crippen molar-refractivity contribution in [3.05, 3.63) is 30.3 Å². The van der Waals surface area contributed by atoms with Gasteiger partial charge in [0.15, 0.2) is 0 Å². The van der Waals surface area contributed by atoms with Crippen LogP contribution in [0.3, 0.4) is 0 Å². The fraction of sp³-hybridized carbons (Fsp3) is 0.500. The fourth-order valence-corrected chi connectivity index (χ4v) is 2.79. The Labute approximate surface area is 117 Å². The summed E-state index contributed by atoms with van der Waals surface area (Å²) in [6.45, 7) is 1.66. The number of carbonyl (C=O) groups is 1. The molecule has 1 heterocycles. The van der Waals surface area contributed by atoms with Gasteiger partial charge in [-0.1, -0.05) is 18.2 Å². The Balaban J connectivity index is 1.56. The van der Waals surface area contributed by atoms with E-state index in [4.69, 9.17) is 9.47 Å². The highest BCUT2D eigenvalue weighted by Gasteiger charge is 2.17. The lowest BCUT2D eigenvalue weighted by Gasteiger charge is -2.22. The Morgan fingerprint density at radius 1 is 1.32 bits per heavy atom. The highest BCUT2D eigenvalue weighted by atomic mass is 32.2. The van der Waals surface area contributed by atoms with Gasteiger partial charge < -0.3 is 14.8 Å². The van der Waals surface area contributed by atoms with E-state index in [0.29, 0.717) is 19.6 Å². The van der Waals surface area contributed by atoms with Crippen molar-refractivity contribution < 1.29 is 14.3 Å². The van der Waals surface area contributed by atoms with Crippen molar-refractivity contribution in [2.75, 3.05) is 31.3 Å². The van der Waals surface area contributed by atoms with E-state index in [-0.39, 0.29) is 12.0 Å². The first-order chi connectivity index (χ1) is 9.34. The first-order valence-electron chi connectivity index (χ1n) is 6.49. The number of thioether (sulfide) groups is 1. The summed E-state index contributed by atoms with van der Waals surface area (Å²) in [6.07, 6.45) is 0.443. The maximum absolute atomic E-state index is 11.6. The van der Waals surface area contributed by atoms with Crippen molar-refractivity contribution in [2.24, 2.45) is 0 Å². The molecule has 5 heteroatoms. The molecule has 1 saturated heterocycles. The molecule has 0 aromatic heterocycles. The van der Waals surface area contributed by atoms with Crippen molar-refractivity contribution in [1.82, 2.24) is 5.32 Å². The second-order valence-electron chi connectivity index (χ2n) is 4.31. The van der Waals surface area contributed by atoms with Gasteiger partial charge in [-0.3, -0.25) is 4.79 Å². The van der Waals surface area contributed by atoms with Crippen LogP contribution in [0.15, 0.2) is 30.3 Å². The van der Waals surface area contributed by atoms with Crippen molar-refractivity contribution in [3.63, 3.8) is 0 Å². The van der Waals surface area contributed by atoms with Gasteiger partial charge in [0.2, 0.25) is 0 Å². The van der Waals surface area contributed by atoms with Crippen LogP contribution in [0.1, 0.15) is 6.42 Å². The van der Waals surface area contributed by atoms with E-state index in [1.54, 1.807) is 0 Å². The Morgan fingerprint density at radius 2 is 2.16 bits per heavy atom. The lowest BCUT2D eigenvalue weighted by molar-refractivity contribution is -0.144. The van der Waals surface area contributed by atoms with Crippen molar-refractivity contribution >= 4 is 17.7 Å². The van der Waals surface area contributed by atoms with Gasteiger partial charge in [-0.15, -0.1) is 0 Å². The molecule has 2 rings (SSSR count). The zero-order valence-corrected chi connectivity index (χ0v) is 11.7. The Hall–Kier alpha value is -1.20. The summed E-state index contributed by atoms with van der Waals surface area (Å²) in [5.74, 6) is 2.74. The third-order valence-corrected chi connectivity index (χ3v) is 3.90. The summed E-state index contributed by atoms with van der Waals surface area (Å²) >= 11 is 1.88. The molecule has 104 valence electrons. The number of rotatable bonds is 6. The minimum atomic E-state index is -0.156. The van der Waals surface area contributed by atoms with E-state index in [2.05, 4.69) is 5.32 Å². The Morgan fingerprint density at radius 3 is 2.89 bits per heavy atom. The average molecular weight is 281 g/mol. The second-order valence-corrected chi connectivity index (χ2v) is 5.46. The molecule has 0 aliphatic carbocycles. The minimum absolute atomic E-state index is 0.156. The van der Waals surface area contributed by atoms with Crippen LogP contribution in [0.2, 0.25) is 0 Å². The first kappa shape index (κ1) is 14.2. The third-order valence-electron chi connectivity index (χ3n) is 2.77. The zero-order chi connectivity index (χ0) is 13.3. The molecular weight excluding hydrogens is 262 g/mol. The zero-order valence-electron chi connectivity index (χ0n) is 10.8. The van der Waals surface area contributed by atoms with E-state index in [1.165, 1.54) is 0 Å². The molecule has 0 saturated carbocycles. The van der Waals surface area contributed by atoms with Crippen LogP contribution in [0.25, 0.3) is 0 Å². The molecule has 1 fully saturated rings. The molecule has 0 radical (unpaired) electrons. The molecule has 0 amide bonds. The van der Waals surface area contributed by atoms with E-state index >= 15 is 0 Å². The summed E-state index contributed by atoms with van der Waals surface area (Å²) in [5, 5.41) is 3.31. The Bertz CT molecular complexity index is 380. The van der Waals surface area contributed by atoms with Crippen LogP contribution in [0, 0.1) is 0 Å². The molecule has 0 bridgehead atoms. The molecular formula is C14H19NO3S.